The molecule has 0 bridgehead atoms. The minimum absolute atomic E-state index is 0.00283. The average Bonchev–Trinajstić information content (AvgIpc) is 3.18. The highest BCUT2D eigenvalue weighted by Crippen LogP contribution is 2.23. The minimum atomic E-state index is -0.00283. The Balaban J connectivity index is 1.37. The number of carbonyl (C=O) groups is 1. The summed E-state index contributed by atoms with van der Waals surface area (Å²) in [5.41, 5.74) is 1.87. The Morgan fingerprint density at radius 3 is 2.74 bits per heavy atom. The van der Waals surface area contributed by atoms with Gasteiger partial charge in [0.05, 0.1) is 12.2 Å². The number of rotatable bonds is 4. The van der Waals surface area contributed by atoms with Crippen molar-refractivity contribution in [1.82, 2.24) is 40.1 Å². The van der Waals surface area contributed by atoms with Crippen molar-refractivity contribution in [1.29, 1.82) is 0 Å². The van der Waals surface area contributed by atoms with Gasteiger partial charge in [0.15, 0.2) is 0 Å². The predicted molar refractivity (Wildman–Crippen MR) is 78.9 cm³/mol. The van der Waals surface area contributed by atoms with Gasteiger partial charge >= 0.3 is 0 Å². The molecule has 0 atom stereocenters. The highest BCUT2D eigenvalue weighted by molar-refractivity contribution is 5.76. The van der Waals surface area contributed by atoms with E-state index in [0.717, 1.165) is 11.3 Å². The first-order chi connectivity index (χ1) is 11.3. The third-order valence-corrected chi connectivity index (χ3v) is 3.86. The molecule has 9 heteroatoms. The number of likely N-dealkylation sites (tertiary alicyclic amines) is 1. The van der Waals surface area contributed by atoms with Crippen molar-refractivity contribution in [3.63, 3.8) is 0 Å². The quantitative estimate of drug-likeness (QED) is 0.674. The van der Waals surface area contributed by atoms with Gasteiger partial charge in [0, 0.05) is 18.7 Å². The van der Waals surface area contributed by atoms with Crippen LogP contribution in [0.4, 0.5) is 0 Å². The fourth-order valence-electron chi connectivity index (χ4n) is 2.51. The maximum Gasteiger partial charge on any atom is 0.244 e. The molecule has 0 spiro atoms. The number of benzene rings is 1. The molecule has 1 amide bonds. The molecule has 4 rings (SSSR count). The van der Waals surface area contributed by atoms with Crippen LogP contribution >= 0.6 is 0 Å². The normalized spacial score (nSPS) is 14.7. The van der Waals surface area contributed by atoms with E-state index in [1.807, 2.05) is 41.2 Å². The van der Waals surface area contributed by atoms with Crippen LogP contribution in [0.3, 0.4) is 0 Å². The van der Waals surface area contributed by atoms with E-state index < -0.39 is 0 Å². The maximum atomic E-state index is 12.1. The average molecular weight is 310 g/mol. The first kappa shape index (κ1) is 13.6. The molecule has 0 saturated carbocycles. The van der Waals surface area contributed by atoms with Crippen LogP contribution in [0.25, 0.3) is 11.3 Å². The predicted octanol–water partition coefficient (Wildman–Crippen LogP) is 0.0151. The molecule has 9 nitrogen and oxygen atoms in total. The van der Waals surface area contributed by atoms with Crippen LogP contribution in [0, 0.1) is 0 Å². The van der Waals surface area contributed by atoms with E-state index in [-0.39, 0.29) is 18.5 Å². The van der Waals surface area contributed by atoms with E-state index in [2.05, 4.69) is 25.8 Å². The third-order valence-electron chi connectivity index (χ3n) is 3.86. The minimum Gasteiger partial charge on any atom is -0.337 e. The summed E-state index contributed by atoms with van der Waals surface area (Å²) in [6.07, 6.45) is 3.35. The summed E-state index contributed by atoms with van der Waals surface area (Å²) in [6.45, 7) is 1.41. The lowest BCUT2D eigenvalue weighted by Crippen LogP contribution is -2.51. The van der Waals surface area contributed by atoms with E-state index in [1.54, 1.807) is 4.90 Å². The molecular weight excluding hydrogens is 296 g/mol. The molecular formula is C14H14N8O. The molecule has 1 aliphatic rings. The van der Waals surface area contributed by atoms with Gasteiger partial charge in [-0.3, -0.25) is 4.79 Å². The Hall–Kier alpha value is -3.10. The molecule has 23 heavy (non-hydrogen) atoms. The topological polar surface area (TPSA) is 94.6 Å². The zero-order valence-corrected chi connectivity index (χ0v) is 12.2. The summed E-state index contributed by atoms with van der Waals surface area (Å²) in [4.78, 5) is 13.8. The van der Waals surface area contributed by atoms with Gasteiger partial charge in [-0.2, -0.15) is 0 Å². The van der Waals surface area contributed by atoms with Crippen LogP contribution in [-0.4, -0.2) is 59.1 Å². The molecule has 0 radical (unpaired) electrons. The van der Waals surface area contributed by atoms with Gasteiger partial charge < -0.3 is 4.90 Å². The van der Waals surface area contributed by atoms with E-state index in [0.29, 0.717) is 13.1 Å². The van der Waals surface area contributed by atoms with Crippen LogP contribution in [0.1, 0.15) is 6.04 Å². The molecule has 3 heterocycles. The molecule has 1 saturated heterocycles. The van der Waals surface area contributed by atoms with Gasteiger partial charge in [-0.05, 0) is 10.4 Å². The van der Waals surface area contributed by atoms with Crippen molar-refractivity contribution in [2.45, 2.75) is 12.6 Å². The van der Waals surface area contributed by atoms with Crippen molar-refractivity contribution in [2.75, 3.05) is 13.1 Å². The van der Waals surface area contributed by atoms with Gasteiger partial charge in [0.25, 0.3) is 0 Å². The highest BCUT2D eigenvalue weighted by atomic mass is 16.2. The molecule has 0 N–H and O–H groups in total. The molecule has 0 aliphatic carbocycles. The smallest absolute Gasteiger partial charge is 0.244 e. The summed E-state index contributed by atoms with van der Waals surface area (Å²) < 4.78 is 3.24. The largest absolute Gasteiger partial charge is 0.337 e. The second kappa shape index (κ2) is 5.59. The molecule has 2 aromatic heterocycles. The Labute approximate surface area is 131 Å². The maximum absolute atomic E-state index is 12.1. The van der Waals surface area contributed by atoms with Crippen LogP contribution in [-0.2, 0) is 11.3 Å². The third kappa shape index (κ3) is 2.68. The Morgan fingerprint density at radius 1 is 1.17 bits per heavy atom. The number of hydrogen-bond acceptors (Lipinski definition) is 6. The van der Waals surface area contributed by atoms with Crippen molar-refractivity contribution in [3.8, 4) is 11.3 Å². The summed E-state index contributed by atoms with van der Waals surface area (Å²) in [7, 11) is 0. The lowest BCUT2D eigenvalue weighted by Gasteiger charge is -2.38. The van der Waals surface area contributed by atoms with Gasteiger partial charge in [-0.1, -0.05) is 35.5 Å². The molecule has 1 aromatic carbocycles. The standard InChI is InChI=1S/C14H14N8O/c23-14(9-21-10-15-17-19-21)20-6-12(7-20)22-8-13(16-18-22)11-4-2-1-3-5-11/h1-5,8,10,12H,6-7,9H2. The van der Waals surface area contributed by atoms with E-state index in [9.17, 15) is 4.79 Å². The molecule has 116 valence electrons. The zero-order chi connectivity index (χ0) is 15.6. The summed E-state index contributed by atoms with van der Waals surface area (Å²) in [5, 5.41) is 19.1. The van der Waals surface area contributed by atoms with Gasteiger partial charge in [0.2, 0.25) is 5.91 Å². The molecule has 3 aromatic rings. The lowest BCUT2D eigenvalue weighted by molar-refractivity contribution is -0.138. The van der Waals surface area contributed by atoms with Gasteiger partial charge in [-0.25, -0.2) is 9.36 Å². The van der Waals surface area contributed by atoms with Crippen molar-refractivity contribution in [3.05, 3.63) is 42.9 Å². The number of nitrogens with zero attached hydrogens (tertiary/aromatic N) is 8. The number of carbonyl (C=O) groups excluding carboxylic acids is 1. The highest BCUT2D eigenvalue weighted by Gasteiger charge is 2.32. The first-order valence-corrected chi connectivity index (χ1v) is 7.25. The monoisotopic (exact) mass is 310 g/mol. The Morgan fingerprint density at radius 2 is 2.00 bits per heavy atom. The molecule has 1 aliphatic heterocycles. The summed E-state index contributed by atoms with van der Waals surface area (Å²) in [6, 6.07) is 10.1. The first-order valence-electron chi connectivity index (χ1n) is 7.25. The number of tetrazole rings is 1. The van der Waals surface area contributed by atoms with Crippen LogP contribution in [0.5, 0.6) is 0 Å². The van der Waals surface area contributed by atoms with Crippen LogP contribution < -0.4 is 0 Å². The van der Waals surface area contributed by atoms with E-state index >= 15 is 0 Å². The van der Waals surface area contributed by atoms with Crippen LogP contribution in [0.15, 0.2) is 42.9 Å². The number of aromatic nitrogens is 7. The lowest BCUT2D eigenvalue weighted by atomic mass is 10.1. The SMILES string of the molecule is O=C(Cn1cnnn1)N1CC(n2cc(-c3ccccc3)nn2)C1. The Kier molecular flexibility index (Phi) is 3.30. The van der Waals surface area contributed by atoms with Crippen molar-refractivity contribution >= 4 is 5.91 Å². The Bertz CT molecular complexity index is 791. The summed E-state index contributed by atoms with van der Waals surface area (Å²) in [5.74, 6) is -0.00283. The van der Waals surface area contributed by atoms with E-state index in [1.165, 1.54) is 11.0 Å². The van der Waals surface area contributed by atoms with Gasteiger partial charge in [0.1, 0.15) is 18.6 Å². The number of hydrogen-bond donors (Lipinski definition) is 0. The molecule has 0 unspecified atom stereocenters. The fourth-order valence-corrected chi connectivity index (χ4v) is 2.51. The summed E-state index contributed by atoms with van der Waals surface area (Å²) >= 11 is 0. The second-order valence-electron chi connectivity index (χ2n) is 5.41. The van der Waals surface area contributed by atoms with Crippen LogP contribution in [0.2, 0.25) is 0 Å². The van der Waals surface area contributed by atoms with E-state index in [4.69, 9.17) is 0 Å². The van der Waals surface area contributed by atoms with Crippen molar-refractivity contribution < 1.29 is 4.79 Å². The second-order valence-corrected chi connectivity index (χ2v) is 5.41. The zero-order valence-electron chi connectivity index (χ0n) is 12.2. The molecule has 1 fully saturated rings. The fraction of sp³-hybridized carbons (Fsp3) is 0.286. The van der Waals surface area contributed by atoms with Crippen molar-refractivity contribution in [2.24, 2.45) is 0 Å². The van der Waals surface area contributed by atoms with Gasteiger partial charge in [-0.15, -0.1) is 10.2 Å². The number of amides is 1.